The SMILES string of the molecule is O=C(c1c[nH]c2ccccc12)N1CCC(n2cc(Br)cn2)C1. The molecule has 1 aromatic carbocycles. The first-order valence-electron chi connectivity index (χ1n) is 7.27. The van der Waals surface area contributed by atoms with Crippen LogP contribution >= 0.6 is 15.9 Å². The van der Waals surface area contributed by atoms with Crippen molar-refractivity contribution in [2.24, 2.45) is 0 Å². The molecule has 6 heteroatoms. The maximum Gasteiger partial charge on any atom is 0.256 e. The van der Waals surface area contributed by atoms with Gasteiger partial charge in [-0.2, -0.15) is 5.10 Å². The molecule has 0 spiro atoms. The first-order chi connectivity index (χ1) is 10.7. The number of aromatic nitrogens is 3. The van der Waals surface area contributed by atoms with Gasteiger partial charge in [0.1, 0.15) is 0 Å². The van der Waals surface area contributed by atoms with Crippen LogP contribution in [0.5, 0.6) is 0 Å². The molecule has 1 unspecified atom stereocenters. The van der Waals surface area contributed by atoms with E-state index in [1.165, 1.54) is 0 Å². The van der Waals surface area contributed by atoms with Gasteiger partial charge in [-0.05, 0) is 28.4 Å². The molecule has 3 aromatic rings. The highest BCUT2D eigenvalue weighted by atomic mass is 79.9. The fourth-order valence-electron chi connectivity index (χ4n) is 3.08. The lowest BCUT2D eigenvalue weighted by Gasteiger charge is -2.16. The number of amides is 1. The lowest BCUT2D eigenvalue weighted by atomic mass is 10.1. The summed E-state index contributed by atoms with van der Waals surface area (Å²) in [4.78, 5) is 17.9. The number of rotatable bonds is 2. The smallest absolute Gasteiger partial charge is 0.256 e. The number of aromatic amines is 1. The zero-order valence-corrected chi connectivity index (χ0v) is 13.5. The highest BCUT2D eigenvalue weighted by Crippen LogP contribution is 2.26. The maximum atomic E-state index is 12.8. The predicted octanol–water partition coefficient (Wildman–Crippen LogP) is 3.21. The summed E-state index contributed by atoms with van der Waals surface area (Å²) >= 11 is 3.41. The summed E-state index contributed by atoms with van der Waals surface area (Å²) in [7, 11) is 0. The van der Waals surface area contributed by atoms with Crippen molar-refractivity contribution in [2.75, 3.05) is 13.1 Å². The average Bonchev–Trinajstić information content (AvgIpc) is 3.25. The predicted molar refractivity (Wildman–Crippen MR) is 87.8 cm³/mol. The summed E-state index contributed by atoms with van der Waals surface area (Å²) < 4.78 is 2.90. The van der Waals surface area contributed by atoms with Crippen molar-refractivity contribution in [3.05, 3.63) is 52.9 Å². The minimum Gasteiger partial charge on any atom is -0.360 e. The van der Waals surface area contributed by atoms with Gasteiger partial charge in [0.25, 0.3) is 5.91 Å². The van der Waals surface area contributed by atoms with Gasteiger partial charge in [-0.25, -0.2) is 0 Å². The molecule has 0 saturated carbocycles. The van der Waals surface area contributed by atoms with Gasteiger partial charge in [0.05, 0.1) is 22.3 Å². The standard InChI is InChI=1S/C16H15BrN4O/c17-11-7-19-21(9-11)12-5-6-20(10-12)16(22)14-8-18-15-4-2-1-3-13(14)15/h1-4,7-9,12,18H,5-6,10H2. The van der Waals surface area contributed by atoms with E-state index < -0.39 is 0 Å². The molecular weight excluding hydrogens is 344 g/mol. The molecule has 5 nitrogen and oxygen atoms in total. The number of halogens is 1. The second kappa shape index (κ2) is 5.28. The van der Waals surface area contributed by atoms with Crippen molar-refractivity contribution in [1.29, 1.82) is 0 Å². The van der Waals surface area contributed by atoms with E-state index >= 15 is 0 Å². The molecule has 112 valence electrons. The van der Waals surface area contributed by atoms with E-state index in [0.29, 0.717) is 6.54 Å². The number of hydrogen-bond donors (Lipinski definition) is 1. The normalized spacial score (nSPS) is 18.2. The van der Waals surface area contributed by atoms with Crippen LogP contribution in [-0.4, -0.2) is 38.7 Å². The topological polar surface area (TPSA) is 53.9 Å². The minimum absolute atomic E-state index is 0.0890. The van der Waals surface area contributed by atoms with Crippen LogP contribution in [0, 0.1) is 0 Å². The van der Waals surface area contributed by atoms with E-state index in [2.05, 4.69) is 26.0 Å². The van der Waals surface area contributed by atoms with Crippen LogP contribution in [0.15, 0.2) is 47.3 Å². The van der Waals surface area contributed by atoms with Crippen molar-refractivity contribution >= 4 is 32.7 Å². The van der Waals surface area contributed by atoms with Gasteiger partial charge in [0.2, 0.25) is 0 Å². The summed E-state index contributed by atoms with van der Waals surface area (Å²) in [5, 5.41) is 5.31. The van der Waals surface area contributed by atoms with Gasteiger partial charge in [0, 0.05) is 36.4 Å². The van der Waals surface area contributed by atoms with Gasteiger partial charge >= 0.3 is 0 Å². The molecule has 1 aliphatic rings. The van der Waals surface area contributed by atoms with Gasteiger partial charge in [-0.3, -0.25) is 9.48 Å². The number of carbonyl (C=O) groups is 1. The molecule has 1 fully saturated rings. The molecule has 1 atom stereocenters. The summed E-state index contributed by atoms with van der Waals surface area (Å²) in [5.41, 5.74) is 1.75. The third kappa shape index (κ3) is 2.23. The largest absolute Gasteiger partial charge is 0.360 e. The molecule has 1 amide bonds. The van der Waals surface area contributed by atoms with Crippen LogP contribution < -0.4 is 0 Å². The Morgan fingerprint density at radius 1 is 1.36 bits per heavy atom. The van der Waals surface area contributed by atoms with Crippen LogP contribution in [-0.2, 0) is 0 Å². The molecule has 1 aliphatic heterocycles. The van der Waals surface area contributed by atoms with Crippen LogP contribution in [0.4, 0.5) is 0 Å². The quantitative estimate of drug-likeness (QED) is 0.764. The molecule has 2 aromatic heterocycles. The summed E-state index contributed by atoms with van der Waals surface area (Å²) in [6.07, 6.45) is 6.49. The molecule has 0 bridgehead atoms. The number of para-hydroxylation sites is 1. The van der Waals surface area contributed by atoms with Crippen LogP contribution in [0.25, 0.3) is 10.9 Å². The van der Waals surface area contributed by atoms with E-state index in [9.17, 15) is 4.79 Å². The molecule has 22 heavy (non-hydrogen) atoms. The van der Waals surface area contributed by atoms with Gasteiger partial charge < -0.3 is 9.88 Å². The van der Waals surface area contributed by atoms with E-state index in [-0.39, 0.29) is 11.9 Å². The fraction of sp³-hybridized carbons (Fsp3) is 0.250. The molecule has 3 heterocycles. The molecule has 1 N–H and O–H groups in total. The monoisotopic (exact) mass is 358 g/mol. The molecule has 0 aliphatic carbocycles. The summed E-state index contributed by atoms with van der Waals surface area (Å²) in [5.74, 6) is 0.0890. The van der Waals surface area contributed by atoms with Gasteiger partial charge in [0.15, 0.2) is 0 Å². The van der Waals surface area contributed by atoms with Crippen LogP contribution in [0.2, 0.25) is 0 Å². The number of likely N-dealkylation sites (tertiary alicyclic amines) is 1. The van der Waals surface area contributed by atoms with E-state index in [1.54, 1.807) is 6.20 Å². The van der Waals surface area contributed by atoms with Crippen molar-refractivity contribution in [3.63, 3.8) is 0 Å². The van der Waals surface area contributed by atoms with Crippen molar-refractivity contribution in [2.45, 2.75) is 12.5 Å². The second-order valence-electron chi connectivity index (χ2n) is 5.58. The third-order valence-corrected chi connectivity index (χ3v) is 4.62. The van der Waals surface area contributed by atoms with Gasteiger partial charge in [-0.15, -0.1) is 0 Å². The zero-order valence-electron chi connectivity index (χ0n) is 11.9. The van der Waals surface area contributed by atoms with E-state index in [1.807, 2.05) is 46.2 Å². The molecule has 0 radical (unpaired) electrons. The van der Waals surface area contributed by atoms with Gasteiger partial charge in [-0.1, -0.05) is 18.2 Å². The highest BCUT2D eigenvalue weighted by molar-refractivity contribution is 9.10. The summed E-state index contributed by atoms with van der Waals surface area (Å²) in [6.45, 7) is 1.47. The van der Waals surface area contributed by atoms with Crippen molar-refractivity contribution in [3.8, 4) is 0 Å². The average molecular weight is 359 g/mol. The first-order valence-corrected chi connectivity index (χ1v) is 8.07. The Kier molecular flexibility index (Phi) is 3.26. The first kappa shape index (κ1) is 13.6. The Morgan fingerprint density at radius 3 is 3.05 bits per heavy atom. The fourth-order valence-corrected chi connectivity index (χ4v) is 3.38. The lowest BCUT2D eigenvalue weighted by Crippen LogP contribution is -2.29. The van der Waals surface area contributed by atoms with E-state index in [0.717, 1.165) is 33.9 Å². The lowest BCUT2D eigenvalue weighted by molar-refractivity contribution is 0.0789. The number of H-pyrrole nitrogens is 1. The van der Waals surface area contributed by atoms with Crippen molar-refractivity contribution in [1.82, 2.24) is 19.7 Å². The minimum atomic E-state index is 0.0890. The molecular formula is C16H15BrN4O. The highest BCUT2D eigenvalue weighted by Gasteiger charge is 2.29. The van der Waals surface area contributed by atoms with Crippen LogP contribution in [0.3, 0.4) is 0 Å². The second-order valence-corrected chi connectivity index (χ2v) is 6.50. The van der Waals surface area contributed by atoms with E-state index in [4.69, 9.17) is 0 Å². The number of hydrogen-bond acceptors (Lipinski definition) is 2. The van der Waals surface area contributed by atoms with Crippen molar-refractivity contribution < 1.29 is 4.79 Å². The number of benzene rings is 1. The number of carbonyl (C=O) groups excluding carboxylic acids is 1. The number of nitrogens with zero attached hydrogens (tertiary/aromatic N) is 3. The Morgan fingerprint density at radius 2 is 2.23 bits per heavy atom. The van der Waals surface area contributed by atoms with Crippen LogP contribution in [0.1, 0.15) is 22.8 Å². The zero-order chi connectivity index (χ0) is 15.1. The summed E-state index contributed by atoms with van der Waals surface area (Å²) in [6, 6.07) is 8.15. The number of fused-ring (bicyclic) bond motifs is 1. The molecule has 4 rings (SSSR count). The Hall–Kier alpha value is -2.08. The Bertz CT molecular complexity index is 837. The Labute approximate surface area is 136 Å². The third-order valence-electron chi connectivity index (χ3n) is 4.21. The Balaban J connectivity index is 1.57. The number of nitrogens with one attached hydrogen (secondary N) is 1. The maximum absolute atomic E-state index is 12.8. The molecule has 1 saturated heterocycles.